The van der Waals surface area contributed by atoms with Crippen LogP contribution in [0.25, 0.3) is 0 Å². The van der Waals surface area contributed by atoms with E-state index in [2.05, 4.69) is 0 Å². The van der Waals surface area contributed by atoms with Gasteiger partial charge in [0.2, 0.25) is 0 Å². The second-order valence-corrected chi connectivity index (χ2v) is 7.22. The molecular formula is C11H15F3O2Si. The fraction of sp³-hybridized carbons (Fsp3) is 0.455. The van der Waals surface area contributed by atoms with Gasteiger partial charge in [-0.05, 0) is 12.1 Å². The number of hydrogen-bond acceptors (Lipinski definition) is 2. The first-order valence-corrected chi connectivity index (χ1v) is 7.67. The van der Waals surface area contributed by atoms with Gasteiger partial charge >= 0.3 is 14.7 Å². The van der Waals surface area contributed by atoms with Crippen molar-refractivity contribution in [2.45, 2.75) is 18.8 Å². The van der Waals surface area contributed by atoms with Crippen LogP contribution in [-0.2, 0) is 14.9 Å². The maximum Gasteiger partial charge on any atom is 0.410 e. The molecular weight excluding hydrogens is 249 g/mol. The summed E-state index contributed by atoms with van der Waals surface area (Å²) in [6.07, 6.45) is -4.32. The van der Waals surface area contributed by atoms with Gasteiger partial charge in [-0.15, -0.1) is 0 Å². The van der Waals surface area contributed by atoms with Gasteiger partial charge in [-0.2, -0.15) is 13.2 Å². The molecule has 96 valence electrons. The zero-order chi connectivity index (χ0) is 12.9. The van der Waals surface area contributed by atoms with Gasteiger partial charge in [-0.25, -0.2) is 0 Å². The van der Waals surface area contributed by atoms with Crippen LogP contribution in [0, 0.1) is 0 Å². The first kappa shape index (κ1) is 14.2. The Kier molecular flexibility index (Phi) is 4.73. The number of halogens is 3. The summed E-state index contributed by atoms with van der Waals surface area (Å²) in [6, 6.07) is 9.63. The Balaban J connectivity index is 2.63. The number of benzene rings is 1. The first-order chi connectivity index (χ1) is 7.85. The van der Waals surface area contributed by atoms with Crippen LogP contribution in [0.1, 0.15) is 5.56 Å². The van der Waals surface area contributed by atoms with E-state index in [1.165, 1.54) is 7.11 Å². The summed E-state index contributed by atoms with van der Waals surface area (Å²) < 4.78 is 46.4. The minimum Gasteiger partial charge on any atom is -0.398 e. The minimum absolute atomic E-state index is 0.403. The molecule has 1 rings (SSSR count). The molecule has 0 aromatic heterocycles. The van der Waals surface area contributed by atoms with Crippen LogP contribution in [-0.4, -0.2) is 28.5 Å². The first-order valence-electron chi connectivity index (χ1n) is 5.14. The van der Waals surface area contributed by atoms with Crippen LogP contribution in [0.3, 0.4) is 0 Å². The molecule has 1 aromatic carbocycles. The van der Waals surface area contributed by atoms with Crippen LogP contribution in [0.15, 0.2) is 30.3 Å². The van der Waals surface area contributed by atoms with E-state index in [-0.39, 0.29) is 0 Å². The van der Waals surface area contributed by atoms with E-state index in [9.17, 15) is 13.2 Å². The maximum atomic E-state index is 12.1. The molecule has 2 nitrogen and oxygen atoms in total. The van der Waals surface area contributed by atoms with Crippen LogP contribution in [0.2, 0.25) is 6.55 Å². The second kappa shape index (κ2) is 5.66. The molecule has 0 saturated heterocycles. The number of hydrogen-bond donors (Lipinski definition) is 0. The van der Waals surface area contributed by atoms with Crippen molar-refractivity contribution in [3.8, 4) is 0 Å². The smallest absolute Gasteiger partial charge is 0.398 e. The van der Waals surface area contributed by atoms with E-state index in [4.69, 9.17) is 8.85 Å². The highest BCUT2D eigenvalue weighted by atomic mass is 28.4. The van der Waals surface area contributed by atoms with Crippen molar-refractivity contribution in [1.82, 2.24) is 0 Å². The number of rotatable bonds is 5. The molecule has 0 radical (unpaired) electrons. The van der Waals surface area contributed by atoms with Gasteiger partial charge in [-0.1, -0.05) is 30.3 Å². The standard InChI is InChI=1S/C11H15F3O2Si/c1-15-17(2,16-9-11(12,13)14)8-10-6-4-3-5-7-10/h3-7H,8-9H2,1-2H3. The lowest BCUT2D eigenvalue weighted by Gasteiger charge is -2.25. The summed E-state index contributed by atoms with van der Waals surface area (Å²) >= 11 is 0. The fourth-order valence-corrected chi connectivity index (χ4v) is 3.19. The lowest BCUT2D eigenvalue weighted by Crippen LogP contribution is -2.43. The molecule has 1 aromatic rings. The summed E-state index contributed by atoms with van der Waals surface area (Å²) in [5.41, 5.74) is 0.922. The summed E-state index contributed by atoms with van der Waals surface area (Å²) in [5, 5.41) is 0. The Morgan fingerprint density at radius 2 is 1.76 bits per heavy atom. The summed E-state index contributed by atoms with van der Waals surface area (Å²) in [5.74, 6) is 0. The zero-order valence-electron chi connectivity index (χ0n) is 9.75. The van der Waals surface area contributed by atoms with Crippen LogP contribution in [0.4, 0.5) is 13.2 Å². The Morgan fingerprint density at radius 3 is 2.24 bits per heavy atom. The van der Waals surface area contributed by atoms with E-state index in [1.54, 1.807) is 6.55 Å². The van der Waals surface area contributed by atoms with Gasteiger partial charge < -0.3 is 8.85 Å². The fourth-order valence-electron chi connectivity index (χ4n) is 1.38. The van der Waals surface area contributed by atoms with Crippen molar-refractivity contribution < 1.29 is 22.0 Å². The summed E-state index contributed by atoms with van der Waals surface area (Å²) in [4.78, 5) is 0. The molecule has 0 fully saturated rings. The predicted molar refractivity (Wildman–Crippen MR) is 60.8 cm³/mol. The highest BCUT2D eigenvalue weighted by Gasteiger charge is 2.37. The van der Waals surface area contributed by atoms with Gasteiger partial charge in [0.15, 0.2) is 0 Å². The monoisotopic (exact) mass is 264 g/mol. The van der Waals surface area contributed by atoms with Crippen molar-refractivity contribution in [3.05, 3.63) is 35.9 Å². The van der Waals surface area contributed by atoms with Gasteiger partial charge in [-0.3, -0.25) is 0 Å². The Morgan fingerprint density at radius 1 is 1.18 bits per heavy atom. The number of alkyl halides is 3. The molecule has 1 unspecified atom stereocenters. The zero-order valence-corrected chi connectivity index (χ0v) is 10.8. The van der Waals surface area contributed by atoms with E-state index < -0.39 is 21.3 Å². The largest absolute Gasteiger partial charge is 0.410 e. The molecule has 0 aliphatic heterocycles. The molecule has 0 amide bonds. The molecule has 0 heterocycles. The maximum absolute atomic E-state index is 12.1. The van der Waals surface area contributed by atoms with E-state index in [0.29, 0.717) is 6.04 Å². The average Bonchev–Trinajstić information content (AvgIpc) is 2.27. The summed E-state index contributed by atoms with van der Waals surface area (Å²) in [7, 11) is -1.40. The van der Waals surface area contributed by atoms with E-state index in [1.807, 2.05) is 30.3 Å². The lowest BCUT2D eigenvalue weighted by atomic mass is 10.2. The Bertz CT molecular complexity index is 342. The van der Waals surface area contributed by atoms with E-state index >= 15 is 0 Å². The van der Waals surface area contributed by atoms with Crippen molar-refractivity contribution >= 4 is 8.56 Å². The molecule has 0 bridgehead atoms. The quantitative estimate of drug-likeness (QED) is 0.761. The molecule has 0 N–H and O–H groups in total. The molecule has 0 aliphatic carbocycles. The van der Waals surface area contributed by atoms with Gasteiger partial charge in [0.25, 0.3) is 0 Å². The van der Waals surface area contributed by atoms with Gasteiger partial charge in [0, 0.05) is 13.2 Å². The van der Waals surface area contributed by atoms with Crippen molar-refractivity contribution in [2.75, 3.05) is 13.7 Å². The minimum atomic E-state index is -4.32. The van der Waals surface area contributed by atoms with Gasteiger partial charge in [0.05, 0.1) is 0 Å². The molecule has 1 atom stereocenters. The molecule has 17 heavy (non-hydrogen) atoms. The second-order valence-electron chi connectivity index (χ2n) is 3.90. The Labute approximate surface area is 99.6 Å². The molecule has 0 spiro atoms. The lowest BCUT2D eigenvalue weighted by molar-refractivity contribution is -0.158. The highest BCUT2D eigenvalue weighted by Crippen LogP contribution is 2.20. The third-order valence-corrected chi connectivity index (χ3v) is 5.01. The van der Waals surface area contributed by atoms with Crippen LogP contribution in [0.5, 0.6) is 0 Å². The van der Waals surface area contributed by atoms with Crippen LogP contribution >= 0.6 is 0 Å². The average molecular weight is 264 g/mol. The predicted octanol–water partition coefficient (Wildman–Crippen LogP) is 3.07. The molecule has 6 heteroatoms. The molecule has 0 saturated carbocycles. The summed E-state index contributed by atoms with van der Waals surface area (Å²) in [6.45, 7) is 0.377. The Hall–Kier alpha value is -0.853. The van der Waals surface area contributed by atoms with Crippen LogP contribution < -0.4 is 0 Å². The molecule has 0 aliphatic rings. The third kappa shape index (κ3) is 5.34. The van der Waals surface area contributed by atoms with Crippen molar-refractivity contribution in [3.63, 3.8) is 0 Å². The van der Waals surface area contributed by atoms with E-state index in [0.717, 1.165) is 5.56 Å². The topological polar surface area (TPSA) is 18.5 Å². The van der Waals surface area contributed by atoms with Gasteiger partial charge in [0.1, 0.15) is 6.61 Å². The highest BCUT2D eigenvalue weighted by molar-refractivity contribution is 6.65. The normalized spacial score (nSPS) is 15.6. The van der Waals surface area contributed by atoms with Crippen molar-refractivity contribution in [2.24, 2.45) is 0 Å². The van der Waals surface area contributed by atoms with Crippen molar-refractivity contribution in [1.29, 1.82) is 0 Å². The third-order valence-electron chi connectivity index (χ3n) is 2.34. The SMILES string of the molecule is CO[Si](C)(Cc1ccccc1)OCC(F)(F)F.